The molecule has 1 saturated heterocycles. The Bertz CT molecular complexity index is 1020. The normalized spacial score (nSPS) is 15.8. The summed E-state index contributed by atoms with van der Waals surface area (Å²) < 4.78 is 5.10. The SMILES string of the molecule is CC(=O)c1cccc(NC(=O)COC(=O)[C@@H]2CC(=O)N(c3cccc(Cl)c3C)C2)c1. The molecule has 156 valence electrons. The van der Waals surface area contributed by atoms with Gasteiger partial charge < -0.3 is 15.0 Å². The molecule has 0 aliphatic carbocycles. The molecule has 1 N–H and O–H groups in total. The van der Waals surface area contributed by atoms with Crippen LogP contribution in [-0.2, 0) is 19.1 Å². The number of ketones is 1. The minimum Gasteiger partial charge on any atom is -0.455 e. The summed E-state index contributed by atoms with van der Waals surface area (Å²) in [5.41, 5.74) is 2.31. The molecule has 2 amide bonds. The van der Waals surface area contributed by atoms with E-state index in [0.717, 1.165) is 5.56 Å². The summed E-state index contributed by atoms with van der Waals surface area (Å²) in [4.78, 5) is 49.8. The van der Waals surface area contributed by atoms with Crippen molar-refractivity contribution in [3.63, 3.8) is 0 Å². The maximum absolute atomic E-state index is 12.4. The van der Waals surface area contributed by atoms with Crippen molar-refractivity contribution in [2.24, 2.45) is 5.92 Å². The van der Waals surface area contributed by atoms with E-state index < -0.39 is 24.4 Å². The van der Waals surface area contributed by atoms with Crippen molar-refractivity contribution in [2.45, 2.75) is 20.3 Å². The minimum absolute atomic E-state index is 0.00701. The van der Waals surface area contributed by atoms with Gasteiger partial charge in [-0.1, -0.05) is 29.8 Å². The zero-order valence-electron chi connectivity index (χ0n) is 16.6. The number of ether oxygens (including phenoxy) is 1. The zero-order valence-corrected chi connectivity index (χ0v) is 17.4. The van der Waals surface area contributed by atoms with Crippen LogP contribution in [0.3, 0.4) is 0 Å². The molecule has 0 bridgehead atoms. The van der Waals surface area contributed by atoms with Crippen LogP contribution in [0.1, 0.15) is 29.3 Å². The Morgan fingerprint density at radius 3 is 2.67 bits per heavy atom. The second kappa shape index (κ2) is 9.09. The summed E-state index contributed by atoms with van der Waals surface area (Å²) in [7, 11) is 0. The summed E-state index contributed by atoms with van der Waals surface area (Å²) in [6.45, 7) is 2.92. The molecule has 1 atom stereocenters. The van der Waals surface area contributed by atoms with Gasteiger partial charge in [0.05, 0.1) is 5.92 Å². The largest absolute Gasteiger partial charge is 0.455 e. The summed E-state index contributed by atoms with van der Waals surface area (Å²) in [6, 6.07) is 11.7. The fraction of sp³-hybridized carbons (Fsp3) is 0.273. The van der Waals surface area contributed by atoms with Crippen LogP contribution in [0.5, 0.6) is 0 Å². The van der Waals surface area contributed by atoms with Gasteiger partial charge in [0.15, 0.2) is 12.4 Å². The van der Waals surface area contributed by atoms with Gasteiger partial charge in [0.2, 0.25) is 5.91 Å². The quantitative estimate of drug-likeness (QED) is 0.562. The molecule has 30 heavy (non-hydrogen) atoms. The first-order valence-electron chi connectivity index (χ1n) is 9.39. The molecule has 1 heterocycles. The Kier molecular flexibility index (Phi) is 6.52. The van der Waals surface area contributed by atoms with Crippen molar-refractivity contribution in [1.29, 1.82) is 0 Å². The highest BCUT2D eigenvalue weighted by Gasteiger charge is 2.37. The topological polar surface area (TPSA) is 92.8 Å². The molecular weight excluding hydrogens is 408 g/mol. The molecule has 0 unspecified atom stereocenters. The Balaban J connectivity index is 1.56. The van der Waals surface area contributed by atoms with Crippen LogP contribution in [0.25, 0.3) is 0 Å². The van der Waals surface area contributed by atoms with Crippen molar-refractivity contribution in [2.75, 3.05) is 23.4 Å². The number of hydrogen-bond acceptors (Lipinski definition) is 5. The lowest BCUT2D eigenvalue weighted by molar-refractivity contribution is -0.151. The lowest BCUT2D eigenvalue weighted by atomic mass is 10.1. The third-order valence-electron chi connectivity index (χ3n) is 4.89. The number of hydrogen-bond donors (Lipinski definition) is 1. The van der Waals surface area contributed by atoms with Crippen LogP contribution in [0.4, 0.5) is 11.4 Å². The van der Waals surface area contributed by atoms with E-state index in [1.54, 1.807) is 42.5 Å². The third-order valence-corrected chi connectivity index (χ3v) is 5.30. The molecule has 0 aromatic heterocycles. The average Bonchev–Trinajstić information content (AvgIpc) is 3.10. The van der Waals surface area contributed by atoms with Gasteiger partial charge in [0, 0.05) is 34.9 Å². The first-order valence-corrected chi connectivity index (χ1v) is 9.77. The number of halogens is 1. The second-order valence-corrected chi connectivity index (χ2v) is 7.49. The molecule has 8 heteroatoms. The van der Waals surface area contributed by atoms with E-state index in [4.69, 9.17) is 16.3 Å². The molecule has 1 aliphatic rings. The molecule has 1 fully saturated rings. The van der Waals surface area contributed by atoms with E-state index in [2.05, 4.69) is 5.32 Å². The van der Waals surface area contributed by atoms with Crippen LogP contribution in [-0.4, -0.2) is 36.7 Å². The standard InChI is InChI=1S/C22H21ClN2O5/c1-13-18(23)7-4-8-19(13)25-11-16(10-21(25)28)22(29)30-12-20(27)24-17-6-3-5-15(9-17)14(2)26/h3-9,16H,10-12H2,1-2H3,(H,24,27)/t16-/m1/s1. The number of rotatable bonds is 6. The lowest BCUT2D eigenvalue weighted by Gasteiger charge is -2.19. The summed E-state index contributed by atoms with van der Waals surface area (Å²) in [6.07, 6.45) is 0.00701. The van der Waals surface area contributed by atoms with E-state index in [1.165, 1.54) is 11.8 Å². The van der Waals surface area contributed by atoms with E-state index in [-0.39, 0.29) is 24.7 Å². The van der Waals surface area contributed by atoms with Crippen LogP contribution in [0.15, 0.2) is 42.5 Å². The summed E-state index contributed by atoms with van der Waals surface area (Å²) >= 11 is 6.12. The predicted octanol–water partition coefficient (Wildman–Crippen LogP) is 3.39. The monoisotopic (exact) mass is 428 g/mol. The Morgan fingerprint density at radius 2 is 1.93 bits per heavy atom. The van der Waals surface area contributed by atoms with Crippen LogP contribution < -0.4 is 10.2 Å². The first kappa shape index (κ1) is 21.5. The van der Waals surface area contributed by atoms with E-state index in [9.17, 15) is 19.2 Å². The molecule has 0 radical (unpaired) electrons. The van der Waals surface area contributed by atoms with Crippen molar-refractivity contribution in [3.8, 4) is 0 Å². The van der Waals surface area contributed by atoms with E-state index in [0.29, 0.717) is 22.0 Å². The number of amides is 2. The lowest BCUT2D eigenvalue weighted by Crippen LogP contribution is -2.28. The number of benzene rings is 2. The molecule has 0 saturated carbocycles. The molecule has 2 aromatic rings. The molecular formula is C22H21ClN2O5. The van der Waals surface area contributed by atoms with Gasteiger partial charge in [-0.15, -0.1) is 0 Å². The molecule has 1 aliphatic heterocycles. The predicted molar refractivity (Wildman–Crippen MR) is 113 cm³/mol. The smallest absolute Gasteiger partial charge is 0.311 e. The van der Waals surface area contributed by atoms with Gasteiger partial charge in [-0.2, -0.15) is 0 Å². The van der Waals surface area contributed by atoms with Gasteiger partial charge in [0.25, 0.3) is 5.91 Å². The number of esters is 1. The van der Waals surface area contributed by atoms with Gasteiger partial charge in [-0.25, -0.2) is 0 Å². The van der Waals surface area contributed by atoms with Gasteiger partial charge >= 0.3 is 5.97 Å². The van der Waals surface area contributed by atoms with Crippen LogP contribution >= 0.6 is 11.6 Å². The summed E-state index contributed by atoms with van der Waals surface area (Å²) in [5.74, 6) is -2.13. The summed E-state index contributed by atoms with van der Waals surface area (Å²) in [5, 5.41) is 3.12. The molecule has 0 spiro atoms. The maximum atomic E-state index is 12.4. The average molecular weight is 429 g/mol. The highest BCUT2D eigenvalue weighted by molar-refractivity contribution is 6.31. The van der Waals surface area contributed by atoms with Gasteiger partial charge in [-0.05, 0) is 43.7 Å². The van der Waals surface area contributed by atoms with Crippen LogP contribution in [0, 0.1) is 12.8 Å². The van der Waals surface area contributed by atoms with Gasteiger partial charge in [0.1, 0.15) is 0 Å². The second-order valence-electron chi connectivity index (χ2n) is 7.08. The fourth-order valence-corrected chi connectivity index (χ4v) is 3.42. The molecule has 2 aromatic carbocycles. The Labute approximate surface area is 179 Å². The molecule has 7 nitrogen and oxygen atoms in total. The number of nitrogens with one attached hydrogen (secondary N) is 1. The van der Waals surface area contributed by atoms with Crippen molar-refractivity contribution in [3.05, 3.63) is 58.6 Å². The maximum Gasteiger partial charge on any atom is 0.311 e. The number of carbonyl (C=O) groups is 4. The Morgan fingerprint density at radius 1 is 1.20 bits per heavy atom. The number of carbonyl (C=O) groups excluding carboxylic acids is 4. The fourth-order valence-electron chi connectivity index (χ4n) is 3.25. The number of Topliss-reactive ketones (excluding diaryl/α,β-unsaturated/α-hetero) is 1. The van der Waals surface area contributed by atoms with Crippen molar-refractivity contribution >= 4 is 46.5 Å². The van der Waals surface area contributed by atoms with E-state index in [1.807, 2.05) is 6.92 Å². The minimum atomic E-state index is -0.662. The first-order chi connectivity index (χ1) is 14.3. The zero-order chi connectivity index (χ0) is 21.8. The van der Waals surface area contributed by atoms with E-state index >= 15 is 0 Å². The van der Waals surface area contributed by atoms with Crippen molar-refractivity contribution < 1.29 is 23.9 Å². The Hall–Kier alpha value is -3.19. The number of nitrogens with zero attached hydrogens (tertiary/aromatic N) is 1. The van der Waals surface area contributed by atoms with Crippen molar-refractivity contribution in [1.82, 2.24) is 0 Å². The molecule has 3 rings (SSSR count). The third kappa shape index (κ3) is 4.86. The highest BCUT2D eigenvalue weighted by atomic mass is 35.5. The van der Waals surface area contributed by atoms with Gasteiger partial charge in [-0.3, -0.25) is 19.2 Å². The van der Waals surface area contributed by atoms with Crippen LogP contribution in [0.2, 0.25) is 5.02 Å². The number of anilines is 2. The highest BCUT2D eigenvalue weighted by Crippen LogP contribution is 2.31.